The molecule has 1 heterocycles. The lowest BCUT2D eigenvalue weighted by atomic mass is 10.3. The third kappa shape index (κ3) is 4.11. The van der Waals surface area contributed by atoms with E-state index in [-0.39, 0.29) is 23.0 Å². The van der Waals surface area contributed by atoms with E-state index in [2.05, 4.69) is 20.6 Å². The average Bonchev–Trinajstić information content (AvgIpc) is 2.58. The summed E-state index contributed by atoms with van der Waals surface area (Å²) in [5, 5.41) is 5.05. The Morgan fingerprint density at radius 3 is 2.52 bits per heavy atom. The van der Waals surface area contributed by atoms with Gasteiger partial charge in [-0.2, -0.15) is 0 Å². The first kappa shape index (κ1) is 16.4. The quantitative estimate of drug-likeness (QED) is 0.753. The highest BCUT2D eigenvalue weighted by Gasteiger charge is 2.11. The van der Waals surface area contributed by atoms with Gasteiger partial charge in [0.25, 0.3) is 5.91 Å². The van der Waals surface area contributed by atoms with E-state index in [0.717, 1.165) is 12.1 Å². The van der Waals surface area contributed by atoms with Crippen LogP contribution in [0, 0.1) is 17.5 Å². The number of carbonyl (C=O) groups excluding carboxylic acids is 1. The van der Waals surface area contributed by atoms with Crippen molar-refractivity contribution in [3.63, 3.8) is 0 Å². The second-order valence-electron chi connectivity index (χ2n) is 4.98. The fraction of sp³-hybridized carbons (Fsp3) is 0. The molecule has 0 saturated carbocycles. The summed E-state index contributed by atoms with van der Waals surface area (Å²) >= 11 is 0. The molecular formula is C17H11F3N4O. The van der Waals surface area contributed by atoms with Gasteiger partial charge >= 0.3 is 0 Å². The maximum absolute atomic E-state index is 13.6. The van der Waals surface area contributed by atoms with Crippen molar-refractivity contribution in [2.45, 2.75) is 0 Å². The molecule has 1 aromatic heterocycles. The lowest BCUT2D eigenvalue weighted by Gasteiger charge is -2.08. The number of amides is 1. The van der Waals surface area contributed by atoms with Crippen molar-refractivity contribution in [1.82, 2.24) is 9.97 Å². The molecule has 8 heteroatoms. The normalized spacial score (nSPS) is 10.4. The Labute approximate surface area is 140 Å². The SMILES string of the molecule is O=C(Nc1cccc(F)c1)c1ccnc(Nc2ccc(F)cc2F)n1. The van der Waals surface area contributed by atoms with Crippen LogP contribution in [0.25, 0.3) is 0 Å². The minimum atomic E-state index is -0.821. The highest BCUT2D eigenvalue weighted by Crippen LogP contribution is 2.18. The van der Waals surface area contributed by atoms with E-state index in [1.807, 2.05) is 0 Å². The average molecular weight is 344 g/mol. The number of halogens is 3. The minimum absolute atomic E-state index is 0.00992. The molecule has 2 N–H and O–H groups in total. The number of hydrogen-bond donors (Lipinski definition) is 2. The molecule has 2 aromatic carbocycles. The smallest absolute Gasteiger partial charge is 0.274 e. The zero-order chi connectivity index (χ0) is 17.8. The van der Waals surface area contributed by atoms with Crippen molar-refractivity contribution in [2.24, 2.45) is 0 Å². The third-order valence-corrected chi connectivity index (χ3v) is 3.15. The third-order valence-electron chi connectivity index (χ3n) is 3.15. The number of benzene rings is 2. The molecule has 0 saturated heterocycles. The van der Waals surface area contributed by atoms with E-state index in [1.165, 1.54) is 36.5 Å². The van der Waals surface area contributed by atoms with Crippen LogP contribution < -0.4 is 10.6 Å². The number of nitrogens with one attached hydrogen (secondary N) is 2. The monoisotopic (exact) mass is 344 g/mol. The van der Waals surface area contributed by atoms with E-state index < -0.39 is 23.4 Å². The maximum atomic E-state index is 13.6. The Balaban J connectivity index is 1.77. The van der Waals surface area contributed by atoms with Crippen molar-refractivity contribution in [1.29, 1.82) is 0 Å². The first-order valence-corrected chi connectivity index (χ1v) is 7.13. The van der Waals surface area contributed by atoms with Gasteiger partial charge in [-0.15, -0.1) is 0 Å². The Hall–Kier alpha value is -3.42. The van der Waals surface area contributed by atoms with E-state index in [1.54, 1.807) is 0 Å². The first-order chi connectivity index (χ1) is 12.0. The van der Waals surface area contributed by atoms with Crippen molar-refractivity contribution >= 4 is 23.2 Å². The molecule has 0 fully saturated rings. The topological polar surface area (TPSA) is 66.9 Å². The fourth-order valence-electron chi connectivity index (χ4n) is 2.02. The summed E-state index contributed by atoms with van der Waals surface area (Å²) in [6.07, 6.45) is 1.30. The van der Waals surface area contributed by atoms with Gasteiger partial charge in [-0.3, -0.25) is 4.79 Å². The summed E-state index contributed by atoms with van der Waals surface area (Å²) in [5.74, 6) is -2.66. The second-order valence-corrected chi connectivity index (χ2v) is 4.98. The molecule has 0 unspecified atom stereocenters. The largest absolute Gasteiger partial charge is 0.322 e. The van der Waals surface area contributed by atoms with E-state index in [9.17, 15) is 18.0 Å². The molecule has 0 radical (unpaired) electrons. The summed E-state index contributed by atoms with van der Waals surface area (Å²) in [4.78, 5) is 20.0. The summed E-state index contributed by atoms with van der Waals surface area (Å²) < 4.78 is 39.7. The van der Waals surface area contributed by atoms with Gasteiger partial charge in [0, 0.05) is 18.0 Å². The number of carbonyl (C=O) groups is 1. The van der Waals surface area contributed by atoms with Crippen molar-refractivity contribution in [3.8, 4) is 0 Å². The first-order valence-electron chi connectivity index (χ1n) is 7.13. The van der Waals surface area contributed by atoms with E-state index in [0.29, 0.717) is 6.07 Å². The standard InChI is InChI=1S/C17H11F3N4O/c18-10-2-1-3-12(8-10)22-16(25)15-6-7-21-17(24-15)23-14-5-4-11(19)9-13(14)20/h1-9H,(H,22,25)(H,21,23,24). The van der Waals surface area contributed by atoms with Gasteiger partial charge in [-0.1, -0.05) is 6.07 Å². The molecule has 0 aliphatic carbocycles. The van der Waals surface area contributed by atoms with Crippen LogP contribution in [-0.2, 0) is 0 Å². The molecule has 5 nitrogen and oxygen atoms in total. The Bertz CT molecular complexity index is 933. The molecule has 126 valence electrons. The highest BCUT2D eigenvalue weighted by molar-refractivity contribution is 6.02. The summed E-state index contributed by atoms with van der Waals surface area (Å²) in [5.41, 5.74) is 0.219. The highest BCUT2D eigenvalue weighted by atomic mass is 19.1. The number of rotatable bonds is 4. The lowest BCUT2D eigenvalue weighted by Crippen LogP contribution is -2.15. The van der Waals surface area contributed by atoms with Crippen LogP contribution in [-0.4, -0.2) is 15.9 Å². The van der Waals surface area contributed by atoms with Crippen molar-refractivity contribution < 1.29 is 18.0 Å². The van der Waals surface area contributed by atoms with E-state index >= 15 is 0 Å². The molecule has 0 atom stereocenters. The molecule has 0 spiro atoms. The molecule has 0 aliphatic heterocycles. The molecule has 3 aromatic rings. The van der Waals surface area contributed by atoms with Crippen LogP contribution in [0.2, 0.25) is 0 Å². The van der Waals surface area contributed by atoms with Crippen LogP contribution >= 0.6 is 0 Å². The van der Waals surface area contributed by atoms with Crippen LogP contribution in [0.4, 0.5) is 30.5 Å². The maximum Gasteiger partial charge on any atom is 0.274 e. The fourth-order valence-corrected chi connectivity index (χ4v) is 2.02. The number of aromatic nitrogens is 2. The molecule has 1 amide bonds. The molecule has 0 aliphatic rings. The Morgan fingerprint density at radius 2 is 1.76 bits per heavy atom. The minimum Gasteiger partial charge on any atom is -0.322 e. The number of hydrogen-bond acceptors (Lipinski definition) is 4. The zero-order valence-electron chi connectivity index (χ0n) is 12.6. The van der Waals surface area contributed by atoms with Gasteiger partial charge in [0.2, 0.25) is 5.95 Å². The van der Waals surface area contributed by atoms with Gasteiger partial charge in [-0.05, 0) is 36.4 Å². The predicted octanol–water partition coefficient (Wildman–Crippen LogP) is 3.89. The molecule has 3 rings (SSSR count). The van der Waals surface area contributed by atoms with Crippen LogP contribution in [0.1, 0.15) is 10.5 Å². The van der Waals surface area contributed by atoms with Gasteiger partial charge < -0.3 is 10.6 Å². The summed E-state index contributed by atoms with van der Waals surface area (Å²) in [6, 6.07) is 9.71. The van der Waals surface area contributed by atoms with Gasteiger partial charge in [0.05, 0.1) is 5.69 Å². The van der Waals surface area contributed by atoms with Gasteiger partial charge in [-0.25, -0.2) is 23.1 Å². The van der Waals surface area contributed by atoms with Crippen LogP contribution in [0.3, 0.4) is 0 Å². The summed E-state index contributed by atoms with van der Waals surface area (Å²) in [7, 11) is 0. The summed E-state index contributed by atoms with van der Waals surface area (Å²) in [6.45, 7) is 0. The van der Waals surface area contributed by atoms with Crippen molar-refractivity contribution in [3.05, 3.63) is 77.9 Å². The molecular weight excluding hydrogens is 333 g/mol. The van der Waals surface area contributed by atoms with E-state index in [4.69, 9.17) is 0 Å². The zero-order valence-corrected chi connectivity index (χ0v) is 12.6. The number of anilines is 3. The van der Waals surface area contributed by atoms with Crippen molar-refractivity contribution in [2.75, 3.05) is 10.6 Å². The van der Waals surface area contributed by atoms with Crippen LogP contribution in [0.5, 0.6) is 0 Å². The van der Waals surface area contributed by atoms with Gasteiger partial charge in [0.1, 0.15) is 23.1 Å². The second kappa shape index (κ2) is 7.00. The number of nitrogens with zero attached hydrogens (tertiary/aromatic N) is 2. The lowest BCUT2D eigenvalue weighted by molar-refractivity contribution is 0.102. The molecule has 25 heavy (non-hydrogen) atoms. The van der Waals surface area contributed by atoms with Gasteiger partial charge in [0.15, 0.2) is 0 Å². The van der Waals surface area contributed by atoms with Crippen LogP contribution in [0.15, 0.2) is 54.7 Å². The Kier molecular flexibility index (Phi) is 4.60. The predicted molar refractivity (Wildman–Crippen MR) is 86.0 cm³/mol. The Morgan fingerprint density at radius 1 is 0.960 bits per heavy atom. The molecule has 0 bridgehead atoms.